The number of rotatable bonds is 5. The van der Waals surface area contributed by atoms with E-state index >= 15 is 0 Å². The van der Waals surface area contributed by atoms with Crippen LogP contribution in [-0.4, -0.2) is 30.5 Å². The molecule has 1 aromatic rings. The molecule has 1 aromatic carbocycles. The molecule has 5 heteroatoms. The molecule has 0 saturated carbocycles. The molecule has 2 rings (SSSR count). The van der Waals surface area contributed by atoms with Gasteiger partial charge in [-0.2, -0.15) is 0 Å². The first kappa shape index (κ1) is 13.7. The molecular formula is C14H19NO4. The summed E-state index contributed by atoms with van der Waals surface area (Å²) in [6, 6.07) is 5.07. The second-order valence-corrected chi connectivity index (χ2v) is 4.90. The fourth-order valence-corrected chi connectivity index (χ4v) is 2.00. The minimum atomic E-state index is -0.162. The van der Waals surface area contributed by atoms with Crippen molar-refractivity contribution >= 4 is 5.91 Å². The molecule has 0 fully saturated rings. The van der Waals surface area contributed by atoms with Crippen molar-refractivity contribution in [3.8, 4) is 11.5 Å². The van der Waals surface area contributed by atoms with Gasteiger partial charge in [0.25, 0.3) is 5.91 Å². The van der Waals surface area contributed by atoms with E-state index in [1.165, 1.54) is 0 Å². The summed E-state index contributed by atoms with van der Waals surface area (Å²) >= 11 is 0. The molecule has 0 radical (unpaired) electrons. The Morgan fingerprint density at radius 2 is 2.11 bits per heavy atom. The van der Waals surface area contributed by atoms with Crippen LogP contribution in [0.5, 0.6) is 11.5 Å². The van der Waals surface area contributed by atoms with Crippen LogP contribution in [0.3, 0.4) is 0 Å². The fraction of sp³-hybridized carbons (Fsp3) is 0.500. The molecule has 0 spiro atoms. The van der Waals surface area contributed by atoms with E-state index in [1.807, 2.05) is 13.8 Å². The number of carbonyl (C=O) groups excluding carboxylic acids is 1. The Balaban J connectivity index is 2.07. The zero-order valence-corrected chi connectivity index (χ0v) is 11.2. The number of ether oxygens (including phenoxy) is 2. The number of fused-ring (bicyclic) bond motifs is 1. The molecule has 1 amide bonds. The number of aliphatic hydroxyl groups is 1. The van der Waals surface area contributed by atoms with Crippen molar-refractivity contribution in [1.82, 2.24) is 5.32 Å². The number of hydrogen-bond donors (Lipinski definition) is 2. The summed E-state index contributed by atoms with van der Waals surface area (Å²) in [5, 5.41) is 11.9. The molecule has 1 aliphatic rings. The molecule has 1 atom stereocenters. The number of aliphatic hydroxyl groups excluding tert-OH is 1. The van der Waals surface area contributed by atoms with Crippen molar-refractivity contribution in [2.75, 3.05) is 13.4 Å². The zero-order chi connectivity index (χ0) is 13.8. The Bertz CT molecular complexity index is 459. The van der Waals surface area contributed by atoms with Gasteiger partial charge in [0.15, 0.2) is 11.5 Å². The molecule has 1 aliphatic heterocycles. The molecule has 0 aliphatic carbocycles. The van der Waals surface area contributed by atoms with Gasteiger partial charge in [0.05, 0.1) is 0 Å². The summed E-state index contributed by atoms with van der Waals surface area (Å²) in [5.74, 6) is 1.36. The van der Waals surface area contributed by atoms with E-state index < -0.39 is 0 Å². The summed E-state index contributed by atoms with van der Waals surface area (Å²) in [7, 11) is 0. The zero-order valence-electron chi connectivity index (χ0n) is 11.2. The molecule has 104 valence electrons. The van der Waals surface area contributed by atoms with Crippen molar-refractivity contribution in [2.45, 2.75) is 26.3 Å². The number of hydrogen-bond acceptors (Lipinski definition) is 4. The minimum absolute atomic E-state index is 0.0390. The lowest BCUT2D eigenvalue weighted by Crippen LogP contribution is -2.39. The molecule has 2 N–H and O–H groups in total. The first-order valence-electron chi connectivity index (χ1n) is 6.43. The van der Waals surface area contributed by atoms with Crippen molar-refractivity contribution in [3.05, 3.63) is 23.8 Å². The highest BCUT2D eigenvalue weighted by Gasteiger charge is 2.19. The van der Waals surface area contributed by atoms with Crippen LogP contribution in [0.1, 0.15) is 30.6 Å². The van der Waals surface area contributed by atoms with Crippen molar-refractivity contribution in [3.63, 3.8) is 0 Å². The lowest BCUT2D eigenvalue weighted by molar-refractivity contribution is 0.0916. The Morgan fingerprint density at radius 3 is 2.79 bits per heavy atom. The third kappa shape index (κ3) is 3.17. The summed E-state index contributed by atoms with van der Waals surface area (Å²) in [6.07, 6.45) is 0.550. The van der Waals surface area contributed by atoms with Gasteiger partial charge in [-0.05, 0) is 30.5 Å². The molecule has 0 aromatic heterocycles. The van der Waals surface area contributed by atoms with Gasteiger partial charge in [-0.3, -0.25) is 4.79 Å². The minimum Gasteiger partial charge on any atom is -0.454 e. The fourth-order valence-electron chi connectivity index (χ4n) is 2.00. The highest BCUT2D eigenvalue weighted by Crippen LogP contribution is 2.32. The van der Waals surface area contributed by atoms with E-state index in [1.54, 1.807) is 18.2 Å². The van der Waals surface area contributed by atoms with Gasteiger partial charge in [0.2, 0.25) is 6.79 Å². The molecule has 0 saturated heterocycles. The number of amides is 1. The highest BCUT2D eigenvalue weighted by atomic mass is 16.7. The Kier molecular flexibility index (Phi) is 4.27. The third-order valence-corrected chi connectivity index (χ3v) is 3.20. The SMILES string of the molecule is CC(C)C(CCO)NC(=O)c1ccc2c(c1)OCO2. The van der Waals surface area contributed by atoms with Crippen LogP contribution >= 0.6 is 0 Å². The molecule has 1 heterocycles. The van der Waals surface area contributed by atoms with E-state index in [9.17, 15) is 4.79 Å². The van der Waals surface area contributed by atoms with Gasteiger partial charge in [0.1, 0.15) is 0 Å². The average Bonchev–Trinajstić information content (AvgIpc) is 2.85. The number of carbonyl (C=O) groups is 1. The third-order valence-electron chi connectivity index (χ3n) is 3.20. The van der Waals surface area contributed by atoms with Crippen LogP contribution in [0, 0.1) is 5.92 Å². The van der Waals surface area contributed by atoms with Gasteiger partial charge >= 0.3 is 0 Å². The Labute approximate surface area is 112 Å². The van der Waals surface area contributed by atoms with Crippen LogP contribution in [0.25, 0.3) is 0 Å². The summed E-state index contributed by atoms with van der Waals surface area (Å²) in [4.78, 5) is 12.1. The lowest BCUT2D eigenvalue weighted by Gasteiger charge is -2.21. The van der Waals surface area contributed by atoms with E-state index in [0.717, 1.165) is 0 Å². The average molecular weight is 265 g/mol. The van der Waals surface area contributed by atoms with Crippen molar-refractivity contribution in [1.29, 1.82) is 0 Å². The monoisotopic (exact) mass is 265 g/mol. The predicted octanol–water partition coefficient (Wildman–Crippen LogP) is 1.55. The first-order valence-corrected chi connectivity index (χ1v) is 6.43. The quantitative estimate of drug-likeness (QED) is 0.847. The smallest absolute Gasteiger partial charge is 0.251 e. The van der Waals surface area contributed by atoms with Crippen LogP contribution < -0.4 is 14.8 Å². The largest absolute Gasteiger partial charge is 0.454 e. The van der Waals surface area contributed by atoms with E-state index in [2.05, 4.69) is 5.32 Å². The van der Waals surface area contributed by atoms with Gasteiger partial charge < -0.3 is 19.9 Å². The maximum atomic E-state index is 12.1. The second kappa shape index (κ2) is 5.93. The summed E-state index contributed by atoms with van der Waals surface area (Å²) in [5.41, 5.74) is 0.535. The Morgan fingerprint density at radius 1 is 1.37 bits per heavy atom. The standard InChI is InChI=1S/C14H19NO4/c1-9(2)11(5-6-16)15-14(17)10-3-4-12-13(7-10)19-8-18-12/h3-4,7,9,11,16H,5-6,8H2,1-2H3,(H,15,17). The van der Waals surface area contributed by atoms with Gasteiger partial charge in [-0.1, -0.05) is 13.8 Å². The summed E-state index contributed by atoms with van der Waals surface area (Å²) < 4.78 is 10.5. The maximum absolute atomic E-state index is 12.1. The number of benzene rings is 1. The highest BCUT2D eigenvalue weighted by molar-refractivity contribution is 5.95. The van der Waals surface area contributed by atoms with Crippen LogP contribution in [0.4, 0.5) is 0 Å². The second-order valence-electron chi connectivity index (χ2n) is 4.90. The Hall–Kier alpha value is -1.75. The molecule has 1 unspecified atom stereocenters. The lowest BCUT2D eigenvalue weighted by atomic mass is 10.0. The van der Waals surface area contributed by atoms with Crippen molar-refractivity contribution < 1.29 is 19.4 Å². The summed E-state index contributed by atoms with van der Waals surface area (Å²) in [6.45, 7) is 4.28. The topological polar surface area (TPSA) is 67.8 Å². The van der Waals surface area contributed by atoms with Crippen LogP contribution in [0.15, 0.2) is 18.2 Å². The molecule has 5 nitrogen and oxygen atoms in total. The first-order chi connectivity index (χ1) is 9.11. The van der Waals surface area contributed by atoms with Crippen LogP contribution in [-0.2, 0) is 0 Å². The van der Waals surface area contributed by atoms with Gasteiger partial charge in [-0.25, -0.2) is 0 Å². The normalized spacial score (nSPS) is 14.5. The van der Waals surface area contributed by atoms with E-state index in [0.29, 0.717) is 23.5 Å². The maximum Gasteiger partial charge on any atom is 0.251 e. The van der Waals surface area contributed by atoms with Gasteiger partial charge in [0, 0.05) is 18.2 Å². The molecular weight excluding hydrogens is 246 g/mol. The van der Waals surface area contributed by atoms with Crippen LogP contribution in [0.2, 0.25) is 0 Å². The predicted molar refractivity (Wildman–Crippen MR) is 70.4 cm³/mol. The molecule has 19 heavy (non-hydrogen) atoms. The van der Waals surface area contributed by atoms with E-state index in [-0.39, 0.29) is 31.3 Å². The molecule has 0 bridgehead atoms. The van der Waals surface area contributed by atoms with Crippen molar-refractivity contribution in [2.24, 2.45) is 5.92 Å². The number of nitrogens with one attached hydrogen (secondary N) is 1. The van der Waals surface area contributed by atoms with Gasteiger partial charge in [-0.15, -0.1) is 0 Å². The van der Waals surface area contributed by atoms with E-state index in [4.69, 9.17) is 14.6 Å².